The first-order valence-corrected chi connectivity index (χ1v) is 9.50. The van der Waals surface area contributed by atoms with Crippen molar-refractivity contribution in [2.75, 3.05) is 32.7 Å². The Kier molecular flexibility index (Phi) is 8.37. The van der Waals surface area contributed by atoms with E-state index in [4.69, 9.17) is 21.7 Å². The number of hydrogen-bond acceptors (Lipinski definition) is 5. The van der Waals surface area contributed by atoms with E-state index in [2.05, 4.69) is 31.9 Å². The van der Waals surface area contributed by atoms with Crippen molar-refractivity contribution in [3.8, 4) is 5.75 Å². The van der Waals surface area contributed by atoms with Crippen LogP contribution in [0.25, 0.3) is 0 Å². The molecule has 148 valence electrons. The van der Waals surface area contributed by atoms with Gasteiger partial charge in [0.1, 0.15) is 12.4 Å². The summed E-state index contributed by atoms with van der Waals surface area (Å²) >= 11 is 8.57. The molecule has 3 N–H and O–H groups in total. The average molecular weight is 466 g/mol. The first-order valence-electron chi connectivity index (χ1n) is 8.30. The molecule has 7 nitrogen and oxygen atoms in total. The van der Waals surface area contributed by atoms with Gasteiger partial charge in [-0.2, -0.15) is 0 Å². The maximum atomic E-state index is 12.4. The molecular weight excluding hydrogens is 446 g/mol. The Balaban J connectivity index is 1.98. The second-order valence-corrected chi connectivity index (χ2v) is 6.82. The normalized spacial score (nSPS) is 10.1. The van der Waals surface area contributed by atoms with Gasteiger partial charge < -0.3 is 20.1 Å². The Morgan fingerprint density at radius 2 is 1.82 bits per heavy atom. The van der Waals surface area contributed by atoms with Crippen LogP contribution in [0.15, 0.2) is 46.9 Å². The van der Waals surface area contributed by atoms with E-state index in [-0.39, 0.29) is 16.9 Å². The van der Waals surface area contributed by atoms with Crippen LogP contribution in [-0.4, -0.2) is 44.3 Å². The zero-order valence-corrected chi connectivity index (χ0v) is 17.8. The fraction of sp³-hybridized carbons (Fsp3) is 0.211. The summed E-state index contributed by atoms with van der Waals surface area (Å²) in [7, 11) is 3.15. The fourth-order valence-electron chi connectivity index (χ4n) is 2.21. The van der Waals surface area contributed by atoms with Crippen molar-refractivity contribution < 1.29 is 19.1 Å². The third-order valence-corrected chi connectivity index (χ3v) is 4.40. The van der Waals surface area contributed by atoms with Gasteiger partial charge in [-0.05, 0) is 64.5 Å². The standard InChI is InChI=1S/C19H20BrN3O4S/c1-21-17(24)12-4-3-5-14(10-12)22-19(28)23-18(25)13-6-7-16(15(20)11-13)27-9-8-26-2/h3-7,10-11H,8-9H2,1-2H3,(H,21,24)(H2,22,23,25,28). The van der Waals surface area contributed by atoms with E-state index in [1.807, 2.05) is 0 Å². The topological polar surface area (TPSA) is 88.7 Å². The molecule has 0 radical (unpaired) electrons. The van der Waals surface area contributed by atoms with Gasteiger partial charge in [-0.25, -0.2) is 0 Å². The number of anilines is 1. The Morgan fingerprint density at radius 3 is 2.50 bits per heavy atom. The molecule has 0 aliphatic carbocycles. The lowest BCUT2D eigenvalue weighted by Crippen LogP contribution is -2.34. The highest BCUT2D eigenvalue weighted by Gasteiger charge is 2.12. The van der Waals surface area contributed by atoms with Crippen LogP contribution >= 0.6 is 28.1 Å². The number of carbonyl (C=O) groups excluding carboxylic acids is 2. The van der Waals surface area contributed by atoms with Crippen molar-refractivity contribution in [2.24, 2.45) is 0 Å². The Hall–Kier alpha value is -2.49. The minimum absolute atomic E-state index is 0.121. The molecule has 28 heavy (non-hydrogen) atoms. The number of thiocarbonyl (C=S) groups is 1. The predicted molar refractivity (Wildman–Crippen MR) is 115 cm³/mol. The molecule has 0 heterocycles. The molecular formula is C19H20BrN3O4S. The molecule has 0 aromatic heterocycles. The van der Waals surface area contributed by atoms with Crippen LogP contribution in [0.4, 0.5) is 5.69 Å². The molecule has 2 aromatic carbocycles. The predicted octanol–water partition coefficient (Wildman–Crippen LogP) is 2.96. The van der Waals surface area contributed by atoms with Gasteiger partial charge in [0.2, 0.25) is 0 Å². The molecule has 0 unspecified atom stereocenters. The molecule has 0 aliphatic rings. The van der Waals surface area contributed by atoms with Crippen LogP contribution in [0.3, 0.4) is 0 Å². The molecule has 9 heteroatoms. The number of benzene rings is 2. The van der Waals surface area contributed by atoms with Crippen LogP contribution in [0, 0.1) is 0 Å². The maximum absolute atomic E-state index is 12.4. The summed E-state index contributed by atoms with van der Waals surface area (Å²) in [5.74, 6) is 0.0284. The van der Waals surface area contributed by atoms with Gasteiger partial charge in [0.15, 0.2) is 5.11 Å². The Bertz CT molecular complexity index is 876. The van der Waals surface area contributed by atoms with Crippen molar-refractivity contribution in [2.45, 2.75) is 0 Å². The molecule has 0 saturated carbocycles. The van der Waals surface area contributed by atoms with Crippen LogP contribution in [0.5, 0.6) is 5.75 Å². The van der Waals surface area contributed by atoms with E-state index in [9.17, 15) is 9.59 Å². The lowest BCUT2D eigenvalue weighted by molar-refractivity contribution is 0.0959. The molecule has 0 atom stereocenters. The van der Waals surface area contributed by atoms with Gasteiger partial charge in [0, 0.05) is 31.0 Å². The highest BCUT2D eigenvalue weighted by molar-refractivity contribution is 9.10. The molecule has 2 rings (SSSR count). The highest BCUT2D eigenvalue weighted by Crippen LogP contribution is 2.26. The third kappa shape index (κ3) is 6.29. The molecule has 0 fully saturated rings. The van der Waals surface area contributed by atoms with Crippen molar-refractivity contribution >= 4 is 50.8 Å². The number of nitrogens with one attached hydrogen (secondary N) is 3. The number of rotatable bonds is 7. The van der Waals surface area contributed by atoms with Crippen LogP contribution in [-0.2, 0) is 4.74 Å². The van der Waals surface area contributed by atoms with Gasteiger partial charge >= 0.3 is 0 Å². The second kappa shape index (κ2) is 10.7. The average Bonchev–Trinajstić information content (AvgIpc) is 2.68. The molecule has 2 amide bonds. The van der Waals surface area contributed by atoms with E-state index in [0.717, 1.165) is 0 Å². The summed E-state index contributed by atoms with van der Waals surface area (Å²) in [5.41, 5.74) is 1.48. The highest BCUT2D eigenvalue weighted by atomic mass is 79.9. The summed E-state index contributed by atoms with van der Waals surface area (Å²) in [6.45, 7) is 0.875. The molecule has 0 spiro atoms. The summed E-state index contributed by atoms with van der Waals surface area (Å²) in [6.07, 6.45) is 0. The van der Waals surface area contributed by atoms with Crippen LogP contribution in [0.2, 0.25) is 0 Å². The summed E-state index contributed by atoms with van der Waals surface area (Å²) in [5, 5.41) is 8.17. The van der Waals surface area contributed by atoms with Gasteiger partial charge in [0.25, 0.3) is 11.8 Å². The summed E-state index contributed by atoms with van der Waals surface area (Å²) in [4.78, 5) is 24.1. The maximum Gasteiger partial charge on any atom is 0.257 e. The second-order valence-electron chi connectivity index (χ2n) is 5.55. The lowest BCUT2D eigenvalue weighted by atomic mass is 10.2. The number of halogens is 1. The van der Waals surface area contributed by atoms with E-state index in [0.29, 0.717) is 40.3 Å². The lowest BCUT2D eigenvalue weighted by Gasteiger charge is -2.12. The molecule has 0 saturated heterocycles. The summed E-state index contributed by atoms with van der Waals surface area (Å²) < 4.78 is 11.1. The van der Waals surface area contributed by atoms with E-state index in [1.165, 1.54) is 0 Å². The van der Waals surface area contributed by atoms with E-state index in [1.54, 1.807) is 56.6 Å². The van der Waals surface area contributed by atoms with Gasteiger partial charge in [0.05, 0.1) is 11.1 Å². The number of ether oxygens (including phenoxy) is 2. The minimum atomic E-state index is -0.371. The fourth-order valence-corrected chi connectivity index (χ4v) is 2.92. The molecule has 2 aromatic rings. The Morgan fingerprint density at radius 1 is 1.07 bits per heavy atom. The van der Waals surface area contributed by atoms with Gasteiger partial charge in [-0.3, -0.25) is 14.9 Å². The van der Waals surface area contributed by atoms with E-state index < -0.39 is 0 Å². The number of methoxy groups -OCH3 is 1. The van der Waals surface area contributed by atoms with Crippen molar-refractivity contribution in [3.05, 3.63) is 58.1 Å². The SMILES string of the molecule is CNC(=O)c1cccc(NC(=S)NC(=O)c2ccc(OCCOC)c(Br)c2)c1. The van der Waals surface area contributed by atoms with Crippen LogP contribution in [0.1, 0.15) is 20.7 Å². The zero-order valence-electron chi connectivity index (χ0n) is 15.4. The number of hydrogen-bond donors (Lipinski definition) is 3. The monoisotopic (exact) mass is 465 g/mol. The first kappa shape index (κ1) is 21.8. The smallest absolute Gasteiger partial charge is 0.257 e. The number of amides is 2. The molecule has 0 bridgehead atoms. The summed E-state index contributed by atoms with van der Waals surface area (Å²) in [6, 6.07) is 11.8. The largest absolute Gasteiger partial charge is 0.490 e. The van der Waals surface area contributed by atoms with Gasteiger partial charge in [-0.1, -0.05) is 6.07 Å². The Labute approximate surface area is 176 Å². The third-order valence-electron chi connectivity index (χ3n) is 3.58. The first-order chi connectivity index (χ1) is 13.4. The minimum Gasteiger partial charge on any atom is -0.490 e. The molecule has 0 aliphatic heterocycles. The van der Waals surface area contributed by atoms with Crippen LogP contribution < -0.4 is 20.7 Å². The van der Waals surface area contributed by atoms with Crippen molar-refractivity contribution in [1.82, 2.24) is 10.6 Å². The van der Waals surface area contributed by atoms with Gasteiger partial charge in [-0.15, -0.1) is 0 Å². The quantitative estimate of drug-likeness (QED) is 0.430. The zero-order chi connectivity index (χ0) is 20.5. The van der Waals surface area contributed by atoms with Crippen molar-refractivity contribution in [3.63, 3.8) is 0 Å². The van der Waals surface area contributed by atoms with Crippen molar-refractivity contribution in [1.29, 1.82) is 0 Å². The van der Waals surface area contributed by atoms with E-state index >= 15 is 0 Å². The number of carbonyl (C=O) groups is 2.